The summed E-state index contributed by atoms with van der Waals surface area (Å²) in [6.45, 7) is 21.5. The molecule has 0 heterocycles. The molecule has 0 atom stereocenters. The van der Waals surface area contributed by atoms with E-state index in [4.69, 9.17) is 32.2 Å². The fourth-order valence-corrected chi connectivity index (χ4v) is 2.03. The van der Waals surface area contributed by atoms with Gasteiger partial charge in [-0.05, 0) is 27.7 Å². The molecule has 5 heteroatoms. The molecule has 0 fully saturated rings. The predicted molar refractivity (Wildman–Crippen MR) is 96.1 cm³/mol. The van der Waals surface area contributed by atoms with E-state index in [1.54, 1.807) is 0 Å². The SMILES string of the molecule is [C-]#[N+]c1cc(C)cc(C)c1.[C-]#[N+]c1cc(C)cc(C)c1.[Cl][Pd][Cl]. The number of benzene rings is 2. The number of rotatable bonds is 0. The van der Waals surface area contributed by atoms with Gasteiger partial charge in [0.15, 0.2) is 11.4 Å². The van der Waals surface area contributed by atoms with Crippen molar-refractivity contribution in [3.8, 4) is 0 Å². The maximum absolute atomic E-state index is 6.76. The molecule has 0 spiro atoms. The molecule has 2 aromatic carbocycles. The van der Waals surface area contributed by atoms with Gasteiger partial charge in [0.05, 0.1) is 13.1 Å². The monoisotopic (exact) mass is 438 g/mol. The second-order valence-corrected chi connectivity index (χ2v) is 7.32. The molecule has 0 N–H and O–H groups in total. The first-order chi connectivity index (χ1) is 10.9. The van der Waals surface area contributed by atoms with Gasteiger partial charge >= 0.3 is 35.0 Å². The fourth-order valence-electron chi connectivity index (χ4n) is 2.03. The van der Waals surface area contributed by atoms with E-state index in [9.17, 15) is 0 Å². The van der Waals surface area contributed by atoms with Crippen LogP contribution in [0.15, 0.2) is 36.4 Å². The Morgan fingerprint density at radius 1 is 0.652 bits per heavy atom. The number of nitrogens with zero attached hydrogens (tertiary/aromatic N) is 2. The van der Waals surface area contributed by atoms with Gasteiger partial charge in [0.2, 0.25) is 0 Å². The molecule has 2 rings (SSSR count). The number of hydrogen-bond donors (Lipinski definition) is 0. The van der Waals surface area contributed by atoms with Crippen molar-refractivity contribution in [2.24, 2.45) is 0 Å². The summed E-state index contributed by atoms with van der Waals surface area (Å²) >= 11 is -0.106. The van der Waals surface area contributed by atoms with E-state index >= 15 is 0 Å². The van der Waals surface area contributed by atoms with E-state index in [1.807, 2.05) is 52.0 Å². The summed E-state index contributed by atoms with van der Waals surface area (Å²) < 4.78 is 0. The molecule has 0 aliphatic carbocycles. The van der Waals surface area contributed by atoms with Crippen LogP contribution in [-0.2, 0) is 15.9 Å². The molecule has 0 bridgehead atoms. The van der Waals surface area contributed by atoms with Crippen LogP contribution in [0.3, 0.4) is 0 Å². The van der Waals surface area contributed by atoms with Gasteiger partial charge in [-0.3, -0.25) is 0 Å². The first-order valence-corrected chi connectivity index (χ1v) is 10.6. The molecule has 0 aliphatic rings. The van der Waals surface area contributed by atoms with Crippen molar-refractivity contribution in [2.75, 3.05) is 0 Å². The van der Waals surface area contributed by atoms with Crippen LogP contribution >= 0.6 is 19.1 Å². The number of aryl methyl sites for hydroxylation is 4. The van der Waals surface area contributed by atoms with Crippen LogP contribution in [-0.4, -0.2) is 0 Å². The Hall–Kier alpha value is -1.34. The zero-order chi connectivity index (χ0) is 17.8. The van der Waals surface area contributed by atoms with E-state index in [0.29, 0.717) is 0 Å². The molecule has 124 valence electrons. The molecule has 0 saturated carbocycles. The van der Waals surface area contributed by atoms with Crippen molar-refractivity contribution in [3.05, 3.63) is 81.5 Å². The van der Waals surface area contributed by atoms with Crippen molar-refractivity contribution in [2.45, 2.75) is 27.7 Å². The predicted octanol–water partition coefficient (Wildman–Crippen LogP) is 7.08. The van der Waals surface area contributed by atoms with E-state index in [1.165, 1.54) is 0 Å². The summed E-state index contributed by atoms with van der Waals surface area (Å²) in [5.74, 6) is 0. The zero-order valence-corrected chi connectivity index (χ0v) is 16.5. The summed E-state index contributed by atoms with van der Waals surface area (Å²) in [6, 6.07) is 11.7. The van der Waals surface area contributed by atoms with Crippen LogP contribution in [0.4, 0.5) is 11.4 Å². The summed E-state index contributed by atoms with van der Waals surface area (Å²) in [7, 11) is 9.63. The molecule has 0 aliphatic heterocycles. The minimum atomic E-state index is -0.106. The minimum absolute atomic E-state index is 0.106. The first-order valence-electron chi connectivity index (χ1n) is 6.60. The van der Waals surface area contributed by atoms with E-state index in [2.05, 4.69) is 21.8 Å². The molecule has 0 amide bonds. The molecular formula is C18H18Cl2N2Pd. The summed E-state index contributed by atoms with van der Waals surface area (Å²) in [5.41, 5.74) is 6.10. The average molecular weight is 440 g/mol. The molecule has 23 heavy (non-hydrogen) atoms. The topological polar surface area (TPSA) is 8.72 Å². The van der Waals surface area contributed by atoms with Gasteiger partial charge in [0.25, 0.3) is 0 Å². The van der Waals surface area contributed by atoms with Crippen molar-refractivity contribution >= 4 is 30.4 Å². The molecule has 2 aromatic rings. The Labute approximate surface area is 155 Å². The summed E-state index contributed by atoms with van der Waals surface area (Å²) in [4.78, 5) is 6.68. The second-order valence-electron chi connectivity index (χ2n) is 4.96. The van der Waals surface area contributed by atoms with Gasteiger partial charge in [-0.1, -0.05) is 58.7 Å². The number of hydrogen-bond acceptors (Lipinski definition) is 0. The molecule has 0 unspecified atom stereocenters. The molecular weight excluding hydrogens is 422 g/mol. The molecule has 2 nitrogen and oxygen atoms in total. The fraction of sp³-hybridized carbons (Fsp3) is 0.222. The zero-order valence-electron chi connectivity index (χ0n) is 13.4. The average Bonchev–Trinajstić information content (AvgIpc) is 2.46. The Kier molecular flexibility index (Phi) is 11.4. The van der Waals surface area contributed by atoms with Crippen molar-refractivity contribution in [3.63, 3.8) is 0 Å². The van der Waals surface area contributed by atoms with Crippen molar-refractivity contribution in [1.29, 1.82) is 0 Å². The van der Waals surface area contributed by atoms with E-state index < -0.39 is 0 Å². The Morgan fingerprint density at radius 3 is 1.04 bits per heavy atom. The molecule has 0 saturated heterocycles. The van der Waals surface area contributed by atoms with Gasteiger partial charge in [-0.2, -0.15) is 0 Å². The van der Waals surface area contributed by atoms with Gasteiger partial charge in [0.1, 0.15) is 0 Å². The van der Waals surface area contributed by atoms with Crippen molar-refractivity contribution in [1.82, 2.24) is 0 Å². The van der Waals surface area contributed by atoms with Crippen LogP contribution in [0.2, 0.25) is 0 Å². The van der Waals surface area contributed by atoms with Crippen LogP contribution in [0, 0.1) is 40.8 Å². The Bertz CT molecular complexity index is 614. The number of halogens is 2. The quantitative estimate of drug-likeness (QED) is 0.306. The second kappa shape index (κ2) is 12.1. The van der Waals surface area contributed by atoms with Crippen LogP contribution in [0.5, 0.6) is 0 Å². The van der Waals surface area contributed by atoms with Gasteiger partial charge < -0.3 is 0 Å². The third-order valence-electron chi connectivity index (χ3n) is 2.67. The third kappa shape index (κ3) is 10.1. The van der Waals surface area contributed by atoms with E-state index in [0.717, 1.165) is 33.6 Å². The normalized spacial score (nSPS) is 8.70. The molecule has 0 radical (unpaired) electrons. The Balaban J connectivity index is 0.000000360. The Morgan fingerprint density at radius 2 is 0.870 bits per heavy atom. The van der Waals surface area contributed by atoms with Gasteiger partial charge in [0, 0.05) is 0 Å². The standard InChI is InChI=1S/2C9H9N.2ClH.Pd/c2*1-7-4-8(2)6-9(5-7)10-3;;;/h2*4-6H,1-2H3;2*1H;/q;;;;+2/p-2. The van der Waals surface area contributed by atoms with Crippen LogP contribution < -0.4 is 0 Å². The van der Waals surface area contributed by atoms with Gasteiger partial charge in [-0.25, -0.2) is 9.69 Å². The first kappa shape index (κ1) is 21.7. The molecule has 0 aromatic heterocycles. The van der Waals surface area contributed by atoms with Crippen LogP contribution in [0.25, 0.3) is 9.69 Å². The van der Waals surface area contributed by atoms with Gasteiger partial charge in [-0.15, -0.1) is 0 Å². The van der Waals surface area contributed by atoms with E-state index in [-0.39, 0.29) is 15.9 Å². The third-order valence-corrected chi connectivity index (χ3v) is 2.67. The maximum atomic E-state index is 6.76. The van der Waals surface area contributed by atoms with Crippen LogP contribution in [0.1, 0.15) is 22.3 Å². The van der Waals surface area contributed by atoms with Crippen molar-refractivity contribution < 1.29 is 15.9 Å². The summed E-state index contributed by atoms with van der Waals surface area (Å²) in [5, 5.41) is 0. The summed E-state index contributed by atoms with van der Waals surface area (Å²) in [6.07, 6.45) is 0.